The van der Waals surface area contributed by atoms with Crippen LogP contribution in [0.3, 0.4) is 0 Å². The number of rotatable bonds is 3. The molecule has 0 fully saturated rings. The Labute approximate surface area is 54.1 Å². The molecule has 0 amide bonds. The van der Waals surface area contributed by atoms with Crippen LogP contribution < -0.4 is 4.98 Å². The second-order valence-corrected chi connectivity index (χ2v) is 3.96. The fourth-order valence-electron chi connectivity index (χ4n) is 0.505. The van der Waals surface area contributed by atoms with Gasteiger partial charge in [-0.05, 0) is 26.9 Å². The number of hydrogen-bond donors (Lipinski definition) is 1. The van der Waals surface area contributed by atoms with Gasteiger partial charge in [-0.25, -0.2) is 0 Å². The molecule has 0 aliphatic rings. The van der Waals surface area contributed by atoms with Crippen LogP contribution in [0.25, 0.3) is 0 Å². The van der Waals surface area contributed by atoms with Crippen LogP contribution in [0.1, 0.15) is 13.8 Å². The predicted octanol–water partition coefficient (Wildman–Crippen LogP) is 0.674. The van der Waals surface area contributed by atoms with Gasteiger partial charge in [0.2, 0.25) is 0 Å². The van der Waals surface area contributed by atoms with Crippen molar-refractivity contribution in [3.05, 3.63) is 11.6 Å². The molecule has 0 aliphatic heterocycles. The van der Waals surface area contributed by atoms with Crippen molar-refractivity contribution in [2.24, 2.45) is 0 Å². The van der Waals surface area contributed by atoms with E-state index in [9.17, 15) is 0 Å². The molecule has 0 aromatic rings. The summed E-state index contributed by atoms with van der Waals surface area (Å²) < 4.78 is 0. The Morgan fingerprint density at radius 2 is 2.25 bits per heavy atom. The van der Waals surface area contributed by atoms with Crippen LogP contribution >= 0.6 is 0 Å². The third kappa shape index (κ3) is 5.92. The van der Waals surface area contributed by atoms with Gasteiger partial charge in [-0.1, -0.05) is 11.6 Å². The molecule has 0 aliphatic carbocycles. The lowest BCUT2D eigenvalue weighted by atomic mass is 10.3. The molecular formula is C6H15NSi. The van der Waals surface area contributed by atoms with Crippen molar-refractivity contribution < 1.29 is 0 Å². The van der Waals surface area contributed by atoms with Gasteiger partial charge in [0.15, 0.2) is 0 Å². The van der Waals surface area contributed by atoms with Gasteiger partial charge in [-0.3, -0.25) is 0 Å². The van der Waals surface area contributed by atoms with Crippen molar-refractivity contribution in [2.45, 2.75) is 19.9 Å². The average molecular weight is 129 g/mol. The molecule has 1 nitrogen and oxygen atoms in total. The molecule has 0 saturated heterocycles. The average Bonchev–Trinajstić information content (AvgIpc) is 1.66. The maximum atomic E-state index is 3.22. The highest BCUT2D eigenvalue weighted by molar-refractivity contribution is 6.32. The normalized spacial score (nSPS) is 10.4. The Morgan fingerprint density at radius 3 is 2.62 bits per heavy atom. The van der Waals surface area contributed by atoms with Gasteiger partial charge in [0.05, 0.1) is 9.68 Å². The quantitative estimate of drug-likeness (QED) is 0.335. The van der Waals surface area contributed by atoms with E-state index in [4.69, 9.17) is 0 Å². The summed E-state index contributed by atoms with van der Waals surface area (Å²) >= 11 is 0. The zero-order chi connectivity index (χ0) is 6.41. The van der Waals surface area contributed by atoms with E-state index in [0.29, 0.717) is 0 Å². The molecule has 0 aromatic carbocycles. The fourth-order valence-corrected chi connectivity index (χ4v) is 1.52. The van der Waals surface area contributed by atoms with Crippen molar-refractivity contribution in [1.29, 1.82) is 0 Å². The van der Waals surface area contributed by atoms with Crippen LogP contribution in [0.15, 0.2) is 11.6 Å². The molecule has 0 aromatic heterocycles. The monoisotopic (exact) mass is 129 g/mol. The summed E-state index contributed by atoms with van der Waals surface area (Å²) in [5.74, 6) is 0. The summed E-state index contributed by atoms with van der Waals surface area (Å²) in [6, 6.07) is 1.29. The van der Waals surface area contributed by atoms with E-state index < -0.39 is 0 Å². The molecule has 0 bridgehead atoms. The minimum Gasteiger partial charge on any atom is -0.345 e. The predicted molar refractivity (Wildman–Crippen MR) is 41.8 cm³/mol. The lowest BCUT2D eigenvalue weighted by Gasteiger charge is -1.90. The third-order valence-electron chi connectivity index (χ3n) is 0.947. The summed E-state index contributed by atoms with van der Waals surface area (Å²) in [6.45, 7) is 4.29. The summed E-state index contributed by atoms with van der Waals surface area (Å²) in [7, 11) is 2.09. The molecule has 0 heterocycles. The van der Waals surface area contributed by atoms with Crippen LogP contribution in [0.4, 0.5) is 0 Å². The van der Waals surface area contributed by atoms with Crippen molar-refractivity contribution >= 4 is 9.68 Å². The third-order valence-corrected chi connectivity index (χ3v) is 2.02. The molecule has 0 unspecified atom stereocenters. The summed E-state index contributed by atoms with van der Waals surface area (Å²) in [5.41, 5.74) is 1.44. The molecular weight excluding hydrogens is 114 g/mol. The lowest BCUT2D eigenvalue weighted by molar-refractivity contribution is 1.22. The maximum absolute atomic E-state index is 3.22. The largest absolute Gasteiger partial charge is 0.345 e. The van der Waals surface area contributed by atoms with Gasteiger partial charge in [0.1, 0.15) is 0 Å². The molecule has 0 spiro atoms. The molecule has 0 radical (unpaired) electrons. The second kappa shape index (κ2) is 5.06. The zero-order valence-electron chi connectivity index (χ0n) is 5.99. The van der Waals surface area contributed by atoms with Gasteiger partial charge < -0.3 is 4.98 Å². The molecule has 0 atom stereocenters. The highest BCUT2D eigenvalue weighted by atomic mass is 28.2. The van der Waals surface area contributed by atoms with Crippen LogP contribution in [0.5, 0.6) is 0 Å². The van der Waals surface area contributed by atoms with Crippen LogP contribution in [-0.2, 0) is 0 Å². The van der Waals surface area contributed by atoms with E-state index >= 15 is 0 Å². The standard InChI is InChI=1S/C6H15NSi/c1-6(2)4-5-8-7-3/h4,7H,5,8H2,1-3H3. The summed E-state index contributed by atoms with van der Waals surface area (Å²) in [5, 5.41) is 0. The fraction of sp³-hybridized carbons (Fsp3) is 0.667. The van der Waals surface area contributed by atoms with Crippen molar-refractivity contribution in [2.75, 3.05) is 7.05 Å². The first kappa shape index (κ1) is 7.92. The number of allylic oxidation sites excluding steroid dienone is 2. The van der Waals surface area contributed by atoms with E-state index in [-0.39, 0.29) is 9.68 Å². The minimum atomic E-state index is 0.0525. The van der Waals surface area contributed by atoms with Crippen molar-refractivity contribution in [1.82, 2.24) is 4.98 Å². The van der Waals surface area contributed by atoms with Crippen molar-refractivity contribution in [3.63, 3.8) is 0 Å². The van der Waals surface area contributed by atoms with Gasteiger partial charge in [0, 0.05) is 0 Å². The van der Waals surface area contributed by atoms with E-state index in [0.717, 1.165) is 0 Å². The van der Waals surface area contributed by atoms with Crippen LogP contribution in [0, 0.1) is 0 Å². The lowest BCUT2D eigenvalue weighted by Crippen LogP contribution is -2.10. The van der Waals surface area contributed by atoms with Gasteiger partial charge in [-0.15, -0.1) is 0 Å². The smallest absolute Gasteiger partial charge is 0.0951 e. The number of hydrogen-bond acceptors (Lipinski definition) is 1. The topological polar surface area (TPSA) is 12.0 Å². The Kier molecular flexibility index (Phi) is 5.01. The van der Waals surface area contributed by atoms with E-state index in [1.165, 1.54) is 11.6 Å². The van der Waals surface area contributed by atoms with Gasteiger partial charge in [0.25, 0.3) is 0 Å². The second-order valence-electron chi connectivity index (χ2n) is 2.17. The highest BCUT2D eigenvalue weighted by Crippen LogP contribution is 1.89. The van der Waals surface area contributed by atoms with E-state index in [1.807, 2.05) is 7.05 Å². The molecule has 8 heavy (non-hydrogen) atoms. The molecule has 1 N–H and O–H groups in total. The highest BCUT2D eigenvalue weighted by Gasteiger charge is 1.78. The SMILES string of the molecule is CN[SiH2]CC=C(C)C. The zero-order valence-corrected chi connectivity index (χ0v) is 7.41. The number of nitrogens with one attached hydrogen (secondary N) is 1. The molecule has 2 heteroatoms. The van der Waals surface area contributed by atoms with Crippen LogP contribution in [-0.4, -0.2) is 16.7 Å². The maximum Gasteiger partial charge on any atom is 0.0951 e. The molecule has 0 rings (SSSR count). The molecule has 0 saturated carbocycles. The Balaban J connectivity index is 3.03. The summed E-state index contributed by atoms with van der Waals surface area (Å²) in [6.07, 6.45) is 2.29. The van der Waals surface area contributed by atoms with E-state index in [2.05, 4.69) is 24.9 Å². The van der Waals surface area contributed by atoms with Gasteiger partial charge in [-0.2, -0.15) is 0 Å². The first-order valence-electron chi connectivity index (χ1n) is 3.05. The Hall–Kier alpha value is -0.0831. The van der Waals surface area contributed by atoms with Gasteiger partial charge >= 0.3 is 0 Å². The first-order chi connectivity index (χ1) is 3.77. The first-order valence-corrected chi connectivity index (χ1v) is 4.76. The van der Waals surface area contributed by atoms with Crippen molar-refractivity contribution in [3.8, 4) is 0 Å². The van der Waals surface area contributed by atoms with Crippen LogP contribution in [0.2, 0.25) is 6.04 Å². The molecule has 48 valence electrons. The summed E-state index contributed by atoms with van der Waals surface area (Å²) in [4.78, 5) is 3.22. The van der Waals surface area contributed by atoms with E-state index in [1.54, 1.807) is 0 Å². The minimum absolute atomic E-state index is 0.0525. The Morgan fingerprint density at radius 1 is 1.62 bits per heavy atom. The Bertz CT molecular complexity index is 74.6.